The smallest absolute Gasteiger partial charge is 0.236 e. The molecule has 0 fully saturated rings. The normalized spacial score (nSPS) is 14.6. The molecular formula is C17H21N5OS. The molecule has 0 unspecified atom stereocenters. The third kappa shape index (κ3) is 3.56. The van der Waals surface area contributed by atoms with E-state index in [-0.39, 0.29) is 11.2 Å². The molecule has 0 bridgehead atoms. The second-order valence-electron chi connectivity index (χ2n) is 6.00. The average molecular weight is 343 g/mol. The number of nitrogens with zero attached hydrogens (tertiary/aromatic N) is 5. The van der Waals surface area contributed by atoms with Crippen molar-refractivity contribution in [1.82, 2.24) is 24.8 Å². The molecule has 3 rings (SSSR count). The Bertz CT molecular complexity index is 759. The van der Waals surface area contributed by atoms with Gasteiger partial charge in [-0.2, -0.15) is 0 Å². The summed E-state index contributed by atoms with van der Waals surface area (Å²) in [6, 6.07) is 1.93. The van der Waals surface area contributed by atoms with Gasteiger partial charge in [-0.25, -0.2) is 19.9 Å². The van der Waals surface area contributed by atoms with Gasteiger partial charge in [0.2, 0.25) is 5.91 Å². The molecule has 1 aliphatic heterocycles. The molecule has 3 heterocycles. The summed E-state index contributed by atoms with van der Waals surface area (Å²) in [4.78, 5) is 32.2. The molecule has 0 saturated carbocycles. The van der Waals surface area contributed by atoms with E-state index in [1.807, 2.05) is 44.9 Å². The van der Waals surface area contributed by atoms with Gasteiger partial charge in [-0.05, 0) is 26.8 Å². The molecular weight excluding hydrogens is 322 g/mol. The number of hydrogen-bond donors (Lipinski definition) is 0. The van der Waals surface area contributed by atoms with E-state index in [4.69, 9.17) is 0 Å². The highest BCUT2D eigenvalue weighted by Gasteiger charge is 2.29. The van der Waals surface area contributed by atoms with Gasteiger partial charge < -0.3 is 4.90 Å². The Kier molecular flexibility index (Phi) is 4.80. The van der Waals surface area contributed by atoms with Gasteiger partial charge in [0.05, 0.1) is 17.5 Å². The maximum Gasteiger partial charge on any atom is 0.236 e. The predicted octanol–water partition coefficient (Wildman–Crippen LogP) is 2.47. The van der Waals surface area contributed by atoms with Gasteiger partial charge in [0, 0.05) is 36.1 Å². The van der Waals surface area contributed by atoms with Crippen LogP contribution in [0.3, 0.4) is 0 Å². The Morgan fingerprint density at radius 2 is 1.96 bits per heavy atom. The summed E-state index contributed by atoms with van der Waals surface area (Å²) >= 11 is 1.40. The fourth-order valence-corrected chi connectivity index (χ4v) is 3.69. The minimum atomic E-state index is -0.237. The summed E-state index contributed by atoms with van der Waals surface area (Å²) in [5, 5.41) is 0.414. The lowest BCUT2D eigenvalue weighted by Gasteiger charge is -2.19. The van der Waals surface area contributed by atoms with Gasteiger partial charge in [0.25, 0.3) is 0 Å². The first-order valence-electron chi connectivity index (χ1n) is 8.07. The first-order chi connectivity index (χ1) is 11.5. The van der Waals surface area contributed by atoms with Crippen LogP contribution in [0.25, 0.3) is 0 Å². The Hall–Kier alpha value is -2.02. The van der Waals surface area contributed by atoms with Gasteiger partial charge in [-0.1, -0.05) is 18.7 Å². The van der Waals surface area contributed by atoms with Crippen LogP contribution in [0.5, 0.6) is 0 Å². The van der Waals surface area contributed by atoms with Gasteiger partial charge in [-0.3, -0.25) is 4.79 Å². The van der Waals surface area contributed by atoms with Crippen LogP contribution in [0, 0.1) is 13.8 Å². The number of hydrogen-bond acceptors (Lipinski definition) is 6. The molecule has 0 spiro atoms. The molecule has 24 heavy (non-hydrogen) atoms. The summed E-state index contributed by atoms with van der Waals surface area (Å²) < 4.78 is 0. The summed E-state index contributed by atoms with van der Waals surface area (Å²) in [6.45, 7) is 8.94. The topological polar surface area (TPSA) is 71.9 Å². The van der Waals surface area contributed by atoms with Crippen LogP contribution < -0.4 is 0 Å². The fraction of sp³-hybridized carbons (Fsp3) is 0.471. The van der Waals surface area contributed by atoms with E-state index in [1.165, 1.54) is 11.8 Å². The van der Waals surface area contributed by atoms with E-state index in [9.17, 15) is 4.79 Å². The summed E-state index contributed by atoms with van der Waals surface area (Å²) in [5.41, 5.74) is 3.84. The molecule has 0 saturated heterocycles. The number of aromatic nitrogens is 4. The number of carbonyl (C=O) groups is 1. The highest BCUT2D eigenvalue weighted by Crippen LogP contribution is 2.26. The molecule has 2 aromatic heterocycles. The third-order valence-electron chi connectivity index (χ3n) is 3.93. The van der Waals surface area contributed by atoms with Gasteiger partial charge >= 0.3 is 0 Å². The van der Waals surface area contributed by atoms with E-state index < -0.39 is 0 Å². The Balaban J connectivity index is 1.68. The van der Waals surface area contributed by atoms with Crippen molar-refractivity contribution < 1.29 is 4.79 Å². The van der Waals surface area contributed by atoms with Crippen molar-refractivity contribution in [2.24, 2.45) is 0 Å². The first kappa shape index (κ1) is 16.8. The number of thioether (sulfide) groups is 1. The zero-order chi connectivity index (χ0) is 17.3. The number of aryl methyl sites for hydroxylation is 3. The minimum Gasteiger partial charge on any atom is -0.331 e. The molecule has 6 nitrogen and oxygen atoms in total. The maximum atomic E-state index is 12.7. The fourth-order valence-electron chi connectivity index (χ4n) is 2.73. The van der Waals surface area contributed by atoms with Crippen LogP contribution in [-0.4, -0.2) is 36.0 Å². The van der Waals surface area contributed by atoms with E-state index in [0.29, 0.717) is 18.2 Å². The van der Waals surface area contributed by atoms with Crippen LogP contribution in [0.2, 0.25) is 0 Å². The number of amides is 1. The second-order valence-corrected chi connectivity index (χ2v) is 7.31. The van der Waals surface area contributed by atoms with E-state index in [1.54, 1.807) is 0 Å². The van der Waals surface area contributed by atoms with E-state index >= 15 is 0 Å². The van der Waals surface area contributed by atoms with Crippen molar-refractivity contribution in [2.75, 3.05) is 0 Å². The van der Waals surface area contributed by atoms with Crippen LogP contribution in [0.15, 0.2) is 17.4 Å². The lowest BCUT2D eigenvalue weighted by atomic mass is 10.3. The zero-order valence-corrected chi connectivity index (χ0v) is 15.2. The van der Waals surface area contributed by atoms with Crippen LogP contribution >= 0.6 is 11.8 Å². The van der Waals surface area contributed by atoms with Crippen molar-refractivity contribution in [2.45, 2.75) is 57.6 Å². The second kappa shape index (κ2) is 6.84. The summed E-state index contributed by atoms with van der Waals surface area (Å²) in [7, 11) is 0. The Labute approximate surface area is 146 Å². The Morgan fingerprint density at radius 1 is 1.25 bits per heavy atom. The van der Waals surface area contributed by atoms with E-state index in [0.717, 1.165) is 34.9 Å². The van der Waals surface area contributed by atoms with Gasteiger partial charge in [0.1, 0.15) is 5.82 Å². The standard InChI is InChI=1S/C17H21N5OS/c1-5-15-18-7-13-8-22(9-14(13)21-15)16(23)12(4)24-17-19-10(2)6-11(3)20-17/h6-7,12H,5,8-9H2,1-4H3/t12-/m0/s1. The van der Waals surface area contributed by atoms with E-state index in [2.05, 4.69) is 19.9 Å². The lowest BCUT2D eigenvalue weighted by Crippen LogP contribution is -2.32. The molecule has 0 radical (unpaired) electrons. The number of rotatable bonds is 4. The molecule has 0 aromatic carbocycles. The molecule has 7 heteroatoms. The highest BCUT2D eigenvalue weighted by atomic mass is 32.2. The first-order valence-corrected chi connectivity index (χ1v) is 8.95. The van der Waals surface area contributed by atoms with Crippen molar-refractivity contribution >= 4 is 17.7 Å². The zero-order valence-electron chi connectivity index (χ0n) is 14.4. The monoisotopic (exact) mass is 343 g/mol. The molecule has 1 aliphatic rings. The molecule has 1 atom stereocenters. The van der Waals surface area contributed by atoms with Gasteiger partial charge in [-0.15, -0.1) is 0 Å². The largest absolute Gasteiger partial charge is 0.331 e. The summed E-state index contributed by atoms with van der Waals surface area (Å²) in [6.07, 6.45) is 2.65. The maximum absolute atomic E-state index is 12.7. The van der Waals surface area contributed by atoms with Crippen molar-refractivity contribution in [3.63, 3.8) is 0 Å². The Morgan fingerprint density at radius 3 is 2.62 bits per heavy atom. The highest BCUT2D eigenvalue weighted by molar-refractivity contribution is 8.00. The predicted molar refractivity (Wildman–Crippen MR) is 92.5 cm³/mol. The third-order valence-corrected chi connectivity index (χ3v) is 4.87. The van der Waals surface area contributed by atoms with Crippen LogP contribution in [0.4, 0.5) is 0 Å². The molecule has 126 valence electrons. The molecule has 0 N–H and O–H groups in total. The summed E-state index contributed by atoms with van der Waals surface area (Å²) in [5.74, 6) is 0.910. The van der Waals surface area contributed by atoms with Crippen molar-refractivity contribution in [3.05, 3.63) is 40.7 Å². The van der Waals surface area contributed by atoms with Crippen LogP contribution in [0.1, 0.15) is 42.3 Å². The number of carbonyl (C=O) groups excluding carboxylic acids is 1. The van der Waals surface area contributed by atoms with Crippen LogP contribution in [-0.2, 0) is 24.3 Å². The SMILES string of the molecule is CCc1ncc2c(n1)CN(C(=O)[C@H](C)Sc1nc(C)cc(C)n1)C2. The minimum absolute atomic E-state index is 0.0822. The molecule has 0 aliphatic carbocycles. The average Bonchev–Trinajstić information content (AvgIpc) is 2.95. The number of fused-ring (bicyclic) bond motifs is 1. The van der Waals surface area contributed by atoms with Crippen molar-refractivity contribution in [1.29, 1.82) is 0 Å². The van der Waals surface area contributed by atoms with Crippen molar-refractivity contribution in [3.8, 4) is 0 Å². The van der Waals surface area contributed by atoms with Gasteiger partial charge in [0.15, 0.2) is 5.16 Å². The lowest BCUT2D eigenvalue weighted by molar-refractivity contribution is -0.130. The molecule has 1 amide bonds. The molecule has 2 aromatic rings. The quantitative estimate of drug-likeness (QED) is 0.627.